The summed E-state index contributed by atoms with van der Waals surface area (Å²) in [7, 11) is 1.82. The van der Waals surface area contributed by atoms with E-state index in [0.717, 1.165) is 11.4 Å². The Morgan fingerprint density at radius 1 is 1.10 bits per heavy atom. The van der Waals surface area contributed by atoms with E-state index < -0.39 is 0 Å². The van der Waals surface area contributed by atoms with E-state index in [1.165, 1.54) is 0 Å². The Morgan fingerprint density at radius 3 is 2.67 bits per heavy atom. The zero-order valence-corrected chi connectivity index (χ0v) is 16.8. The average molecular weight is 420 g/mol. The topological polar surface area (TPSA) is 97.6 Å². The molecular formula is C21H18ClN7O. The van der Waals surface area contributed by atoms with Crippen molar-refractivity contribution in [2.24, 2.45) is 7.05 Å². The molecule has 4 rings (SSSR count). The van der Waals surface area contributed by atoms with Crippen LogP contribution >= 0.6 is 11.6 Å². The molecule has 0 unspecified atom stereocenters. The first-order valence-corrected chi connectivity index (χ1v) is 9.54. The summed E-state index contributed by atoms with van der Waals surface area (Å²) >= 11 is 6.35. The van der Waals surface area contributed by atoms with Crippen molar-refractivity contribution in [3.05, 3.63) is 77.7 Å². The molecule has 9 heteroatoms. The van der Waals surface area contributed by atoms with Gasteiger partial charge in [0.25, 0.3) is 0 Å². The second-order valence-corrected chi connectivity index (χ2v) is 6.90. The van der Waals surface area contributed by atoms with Crippen LogP contribution in [-0.4, -0.2) is 30.6 Å². The fourth-order valence-electron chi connectivity index (χ4n) is 2.82. The van der Waals surface area contributed by atoms with E-state index in [1.807, 2.05) is 43.4 Å². The van der Waals surface area contributed by atoms with Crippen molar-refractivity contribution in [2.45, 2.75) is 6.42 Å². The van der Waals surface area contributed by atoms with E-state index in [9.17, 15) is 4.79 Å². The van der Waals surface area contributed by atoms with Crippen LogP contribution in [-0.2, 0) is 18.3 Å². The summed E-state index contributed by atoms with van der Waals surface area (Å²) < 4.78 is 1.68. The lowest BCUT2D eigenvalue weighted by Crippen LogP contribution is -2.15. The summed E-state index contributed by atoms with van der Waals surface area (Å²) in [5.74, 6) is 1.31. The van der Waals surface area contributed by atoms with Gasteiger partial charge in [-0.05, 0) is 17.7 Å². The Bertz CT molecular complexity index is 1180. The number of nitrogens with zero attached hydrogens (tertiary/aromatic N) is 5. The van der Waals surface area contributed by atoms with Gasteiger partial charge in [-0.1, -0.05) is 41.9 Å². The summed E-state index contributed by atoms with van der Waals surface area (Å²) in [4.78, 5) is 25.3. The lowest BCUT2D eigenvalue weighted by molar-refractivity contribution is -0.115. The van der Waals surface area contributed by atoms with E-state index in [4.69, 9.17) is 11.6 Å². The van der Waals surface area contributed by atoms with E-state index in [1.54, 1.807) is 35.4 Å². The van der Waals surface area contributed by atoms with Crippen molar-refractivity contribution < 1.29 is 4.79 Å². The van der Waals surface area contributed by atoms with Crippen LogP contribution in [0.15, 0.2) is 67.1 Å². The maximum atomic E-state index is 12.3. The van der Waals surface area contributed by atoms with Crippen LogP contribution in [0.1, 0.15) is 5.56 Å². The largest absolute Gasteiger partial charge is 0.309 e. The number of hydrogen-bond acceptors (Lipinski definition) is 6. The third-order valence-electron chi connectivity index (χ3n) is 4.32. The van der Waals surface area contributed by atoms with Gasteiger partial charge in [0.15, 0.2) is 5.82 Å². The Balaban J connectivity index is 1.48. The number of anilines is 3. The van der Waals surface area contributed by atoms with Crippen LogP contribution in [0, 0.1) is 0 Å². The molecule has 0 bridgehead atoms. The predicted octanol–water partition coefficient (Wildman–Crippen LogP) is 3.85. The van der Waals surface area contributed by atoms with Gasteiger partial charge >= 0.3 is 0 Å². The first-order valence-electron chi connectivity index (χ1n) is 9.16. The van der Waals surface area contributed by atoms with Crippen LogP contribution < -0.4 is 10.6 Å². The highest BCUT2D eigenvalue weighted by atomic mass is 35.5. The number of hydrogen-bond donors (Lipinski definition) is 2. The number of pyridine rings is 1. The third-order valence-corrected chi connectivity index (χ3v) is 4.61. The fourth-order valence-corrected chi connectivity index (χ4v) is 3.03. The Hall–Kier alpha value is -3.78. The number of nitrogens with one attached hydrogen (secondary N) is 2. The van der Waals surface area contributed by atoms with Crippen molar-refractivity contribution in [1.29, 1.82) is 0 Å². The van der Waals surface area contributed by atoms with E-state index in [-0.39, 0.29) is 12.3 Å². The van der Waals surface area contributed by atoms with E-state index >= 15 is 0 Å². The first kappa shape index (κ1) is 19.5. The normalized spacial score (nSPS) is 10.6. The van der Waals surface area contributed by atoms with Gasteiger partial charge in [-0.25, -0.2) is 15.0 Å². The molecule has 0 saturated heterocycles. The molecule has 0 saturated carbocycles. The predicted molar refractivity (Wildman–Crippen MR) is 116 cm³/mol. The Kier molecular flexibility index (Phi) is 5.67. The highest BCUT2D eigenvalue weighted by Crippen LogP contribution is 2.26. The van der Waals surface area contributed by atoms with Gasteiger partial charge in [-0.15, -0.1) is 0 Å². The van der Waals surface area contributed by atoms with E-state index in [0.29, 0.717) is 28.0 Å². The average Bonchev–Trinajstić information content (AvgIpc) is 3.15. The molecule has 3 heterocycles. The number of amides is 1. The number of halogens is 1. The SMILES string of the molecule is Cn1nccc1Nc1nccc(-c2cnc(NC(=O)Cc3ccccc3)c(Cl)c2)n1. The summed E-state index contributed by atoms with van der Waals surface area (Å²) in [6.07, 6.45) is 5.18. The molecule has 0 atom stereocenters. The molecule has 0 fully saturated rings. The van der Waals surface area contributed by atoms with Crippen molar-refractivity contribution in [3.8, 4) is 11.3 Å². The van der Waals surface area contributed by atoms with Crippen molar-refractivity contribution >= 4 is 35.1 Å². The lowest BCUT2D eigenvalue weighted by Gasteiger charge is -2.09. The van der Waals surface area contributed by atoms with Gasteiger partial charge < -0.3 is 10.6 Å². The van der Waals surface area contributed by atoms with Crippen LogP contribution in [0.4, 0.5) is 17.6 Å². The number of rotatable bonds is 6. The molecule has 30 heavy (non-hydrogen) atoms. The molecule has 2 N–H and O–H groups in total. The van der Waals surface area contributed by atoms with Crippen LogP contribution in [0.25, 0.3) is 11.3 Å². The molecule has 0 radical (unpaired) electrons. The minimum Gasteiger partial charge on any atom is -0.309 e. The van der Waals surface area contributed by atoms with Gasteiger partial charge in [0.05, 0.1) is 23.3 Å². The van der Waals surface area contributed by atoms with Crippen LogP contribution in [0.5, 0.6) is 0 Å². The Labute approximate surface area is 178 Å². The molecule has 150 valence electrons. The second kappa shape index (κ2) is 8.71. The van der Waals surface area contributed by atoms with Crippen LogP contribution in [0.3, 0.4) is 0 Å². The zero-order chi connectivity index (χ0) is 20.9. The molecule has 1 amide bonds. The van der Waals surface area contributed by atoms with E-state index in [2.05, 4.69) is 30.7 Å². The minimum absolute atomic E-state index is 0.187. The van der Waals surface area contributed by atoms with Gasteiger partial charge in [0.2, 0.25) is 11.9 Å². The quantitative estimate of drug-likeness (QED) is 0.492. The maximum absolute atomic E-state index is 12.3. The molecule has 0 aliphatic rings. The molecule has 0 spiro atoms. The minimum atomic E-state index is -0.187. The van der Waals surface area contributed by atoms with Crippen molar-refractivity contribution in [2.75, 3.05) is 10.6 Å². The van der Waals surface area contributed by atoms with Gasteiger partial charge in [0, 0.05) is 31.1 Å². The lowest BCUT2D eigenvalue weighted by atomic mass is 10.1. The highest BCUT2D eigenvalue weighted by Gasteiger charge is 2.11. The molecule has 1 aromatic carbocycles. The molecule has 8 nitrogen and oxygen atoms in total. The maximum Gasteiger partial charge on any atom is 0.229 e. The Morgan fingerprint density at radius 2 is 1.93 bits per heavy atom. The van der Waals surface area contributed by atoms with Crippen molar-refractivity contribution in [3.63, 3.8) is 0 Å². The monoisotopic (exact) mass is 419 g/mol. The molecule has 4 aromatic rings. The molecule has 0 aliphatic heterocycles. The number of aromatic nitrogens is 5. The smallest absolute Gasteiger partial charge is 0.229 e. The van der Waals surface area contributed by atoms with Gasteiger partial charge in [-0.3, -0.25) is 9.48 Å². The molecular weight excluding hydrogens is 402 g/mol. The second-order valence-electron chi connectivity index (χ2n) is 6.50. The van der Waals surface area contributed by atoms with Crippen molar-refractivity contribution in [1.82, 2.24) is 24.7 Å². The summed E-state index contributed by atoms with van der Waals surface area (Å²) in [6.45, 7) is 0. The third kappa shape index (κ3) is 4.61. The van der Waals surface area contributed by atoms with Crippen LogP contribution in [0.2, 0.25) is 5.02 Å². The van der Waals surface area contributed by atoms with Gasteiger partial charge in [-0.2, -0.15) is 5.10 Å². The molecule has 3 aromatic heterocycles. The number of carbonyl (C=O) groups excluding carboxylic acids is 1. The number of carbonyl (C=O) groups is 1. The highest BCUT2D eigenvalue weighted by molar-refractivity contribution is 6.33. The standard InChI is InChI=1S/C21H18ClN7O/c1-29-18(8-10-25-29)27-21-23-9-7-17(26-21)15-12-16(22)20(24-13-15)28-19(30)11-14-5-3-2-4-6-14/h2-10,12-13H,11H2,1H3,(H,23,26,27)(H,24,28,30). The number of benzene rings is 1. The summed E-state index contributed by atoms with van der Waals surface area (Å²) in [5.41, 5.74) is 2.26. The van der Waals surface area contributed by atoms with Gasteiger partial charge in [0.1, 0.15) is 5.82 Å². The fraction of sp³-hybridized carbons (Fsp3) is 0.0952. The first-order chi connectivity index (χ1) is 14.6. The zero-order valence-electron chi connectivity index (χ0n) is 16.1. The summed E-state index contributed by atoms with van der Waals surface area (Å²) in [5, 5.41) is 10.3. The summed E-state index contributed by atoms with van der Waals surface area (Å²) in [6, 6.07) is 14.8. The molecule has 0 aliphatic carbocycles. The number of aryl methyl sites for hydroxylation is 1.